The Hall–Kier alpha value is -1.56. The molecule has 3 rings (SSSR count). The maximum atomic E-state index is 12.9. The SMILES string of the molecule is CNCCC1CCN(C(=O)c2ccc(Cl)c(N3C=CCNC3)c2)CC1. The van der Waals surface area contributed by atoms with E-state index in [0.717, 1.165) is 50.6 Å². The van der Waals surface area contributed by atoms with Gasteiger partial charge in [-0.1, -0.05) is 17.7 Å². The summed E-state index contributed by atoms with van der Waals surface area (Å²) in [5.74, 6) is 0.834. The number of halogens is 1. The number of hydrogen-bond acceptors (Lipinski definition) is 4. The zero-order chi connectivity index (χ0) is 17.6. The van der Waals surface area contributed by atoms with E-state index in [-0.39, 0.29) is 5.91 Å². The molecule has 2 N–H and O–H groups in total. The summed E-state index contributed by atoms with van der Waals surface area (Å²) in [6.45, 7) is 4.29. The molecule has 0 spiro atoms. The van der Waals surface area contributed by atoms with Gasteiger partial charge in [0.25, 0.3) is 5.91 Å². The standard InChI is InChI=1S/C19H27ClN4O/c1-21-9-5-15-6-11-23(12-7-15)19(25)16-3-4-17(20)18(13-16)24-10-2-8-22-14-24/h2-4,10,13,15,21-22H,5-9,11-12,14H2,1H3. The summed E-state index contributed by atoms with van der Waals surface area (Å²) < 4.78 is 0. The molecule has 0 aliphatic carbocycles. The van der Waals surface area contributed by atoms with Crippen LogP contribution in [-0.4, -0.2) is 50.7 Å². The number of nitrogens with one attached hydrogen (secondary N) is 2. The van der Waals surface area contributed by atoms with Gasteiger partial charge in [0, 0.05) is 31.4 Å². The van der Waals surface area contributed by atoms with Crippen molar-refractivity contribution in [3.05, 3.63) is 41.1 Å². The number of rotatable bonds is 5. The summed E-state index contributed by atoms with van der Waals surface area (Å²) in [6, 6.07) is 5.57. The van der Waals surface area contributed by atoms with Crippen LogP contribution in [0.3, 0.4) is 0 Å². The Morgan fingerprint density at radius 1 is 1.36 bits per heavy atom. The lowest BCUT2D eigenvalue weighted by atomic mass is 9.93. The van der Waals surface area contributed by atoms with Crippen LogP contribution in [0, 0.1) is 5.92 Å². The van der Waals surface area contributed by atoms with Gasteiger partial charge in [-0.05, 0) is 57.0 Å². The monoisotopic (exact) mass is 362 g/mol. The predicted octanol–water partition coefficient (Wildman–Crippen LogP) is 2.68. The maximum Gasteiger partial charge on any atom is 0.253 e. The molecule has 2 heterocycles. The highest BCUT2D eigenvalue weighted by Crippen LogP contribution is 2.29. The first-order valence-corrected chi connectivity index (χ1v) is 9.44. The smallest absolute Gasteiger partial charge is 0.253 e. The van der Waals surface area contributed by atoms with Crippen molar-refractivity contribution in [1.29, 1.82) is 0 Å². The van der Waals surface area contributed by atoms with Crippen LogP contribution in [-0.2, 0) is 0 Å². The average Bonchev–Trinajstić information content (AvgIpc) is 2.67. The Morgan fingerprint density at radius 3 is 2.84 bits per heavy atom. The first-order valence-electron chi connectivity index (χ1n) is 9.06. The minimum absolute atomic E-state index is 0.110. The second-order valence-corrected chi connectivity index (χ2v) is 7.17. The Morgan fingerprint density at radius 2 is 2.16 bits per heavy atom. The van der Waals surface area contributed by atoms with Gasteiger partial charge in [0.05, 0.1) is 17.4 Å². The second kappa shape index (κ2) is 8.70. The average molecular weight is 363 g/mol. The predicted molar refractivity (Wildman–Crippen MR) is 103 cm³/mol. The van der Waals surface area contributed by atoms with Crippen molar-refractivity contribution in [3.63, 3.8) is 0 Å². The lowest BCUT2D eigenvalue weighted by Crippen LogP contribution is -2.39. The van der Waals surface area contributed by atoms with Crippen molar-refractivity contribution >= 4 is 23.2 Å². The largest absolute Gasteiger partial charge is 0.339 e. The first kappa shape index (κ1) is 18.2. The molecule has 2 aliphatic rings. The fourth-order valence-electron chi connectivity index (χ4n) is 3.49. The quantitative estimate of drug-likeness (QED) is 0.845. The highest BCUT2D eigenvalue weighted by Gasteiger charge is 2.24. The summed E-state index contributed by atoms with van der Waals surface area (Å²) in [5.41, 5.74) is 1.59. The molecule has 1 aromatic rings. The Bertz CT molecular complexity index is 626. The van der Waals surface area contributed by atoms with Crippen LogP contribution in [0.15, 0.2) is 30.5 Å². The van der Waals surface area contributed by atoms with E-state index in [2.05, 4.69) is 10.6 Å². The third kappa shape index (κ3) is 4.54. The first-order chi connectivity index (χ1) is 12.2. The van der Waals surface area contributed by atoms with Crippen molar-refractivity contribution < 1.29 is 4.79 Å². The van der Waals surface area contributed by atoms with E-state index in [1.807, 2.05) is 47.3 Å². The number of amides is 1. The molecular formula is C19H27ClN4O. The van der Waals surface area contributed by atoms with Crippen LogP contribution in [0.5, 0.6) is 0 Å². The third-order valence-electron chi connectivity index (χ3n) is 5.04. The molecule has 0 bridgehead atoms. The zero-order valence-electron chi connectivity index (χ0n) is 14.8. The van der Waals surface area contributed by atoms with Crippen molar-refractivity contribution in [2.24, 2.45) is 5.92 Å². The number of anilines is 1. The molecule has 0 atom stereocenters. The van der Waals surface area contributed by atoms with Crippen molar-refractivity contribution in [1.82, 2.24) is 15.5 Å². The number of piperidine rings is 1. The van der Waals surface area contributed by atoms with Crippen LogP contribution >= 0.6 is 11.6 Å². The van der Waals surface area contributed by atoms with Gasteiger partial charge in [0.1, 0.15) is 0 Å². The summed E-state index contributed by atoms with van der Waals surface area (Å²) >= 11 is 6.35. The van der Waals surface area contributed by atoms with Gasteiger partial charge in [-0.2, -0.15) is 0 Å². The molecule has 2 aliphatic heterocycles. The van der Waals surface area contributed by atoms with Crippen LogP contribution in [0.1, 0.15) is 29.6 Å². The molecule has 1 amide bonds. The molecule has 1 saturated heterocycles. The van der Waals surface area contributed by atoms with Gasteiger partial charge < -0.3 is 15.1 Å². The van der Waals surface area contributed by atoms with Gasteiger partial charge in [-0.3, -0.25) is 10.1 Å². The number of benzene rings is 1. The summed E-state index contributed by atoms with van der Waals surface area (Å²) in [4.78, 5) is 16.9. The summed E-state index contributed by atoms with van der Waals surface area (Å²) in [6.07, 6.45) is 7.43. The molecular weight excluding hydrogens is 336 g/mol. The van der Waals surface area contributed by atoms with E-state index in [0.29, 0.717) is 17.3 Å². The topological polar surface area (TPSA) is 47.6 Å². The molecule has 0 unspecified atom stereocenters. The van der Waals surface area contributed by atoms with E-state index in [1.165, 1.54) is 6.42 Å². The molecule has 0 aromatic heterocycles. The minimum Gasteiger partial charge on any atom is -0.339 e. The summed E-state index contributed by atoms with van der Waals surface area (Å²) in [7, 11) is 1.99. The second-order valence-electron chi connectivity index (χ2n) is 6.76. The lowest BCUT2D eigenvalue weighted by molar-refractivity contribution is 0.0687. The number of carbonyl (C=O) groups is 1. The van der Waals surface area contributed by atoms with Crippen molar-refractivity contribution in [3.8, 4) is 0 Å². The van der Waals surface area contributed by atoms with Gasteiger partial charge in [0.2, 0.25) is 0 Å². The number of likely N-dealkylation sites (tertiary alicyclic amines) is 1. The molecule has 1 aromatic carbocycles. The molecule has 136 valence electrons. The van der Waals surface area contributed by atoms with E-state index in [1.54, 1.807) is 0 Å². The Balaban J connectivity index is 1.66. The summed E-state index contributed by atoms with van der Waals surface area (Å²) in [5, 5.41) is 7.15. The molecule has 0 radical (unpaired) electrons. The third-order valence-corrected chi connectivity index (χ3v) is 5.36. The Kier molecular flexibility index (Phi) is 6.34. The van der Waals surface area contributed by atoms with E-state index in [4.69, 9.17) is 11.6 Å². The van der Waals surface area contributed by atoms with Crippen molar-refractivity contribution in [2.45, 2.75) is 19.3 Å². The number of nitrogens with zero attached hydrogens (tertiary/aromatic N) is 2. The fraction of sp³-hybridized carbons (Fsp3) is 0.526. The normalized spacial score (nSPS) is 18.6. The van der Waals surface area contributed by atoms with Gasteiger partial charge in [-0.15, -0.1) is 0 Å². The molecule has 25 heavy (non-hydrogen) atoms. The lowest BCUT2D eigenvalue weighted by Gasteiger charge is -2.32. The zero-order valence-corrected chi connectivity index (χ0v) is 15.6. The maximum absolute atomic E-state index is 12.9. The van der Waals surface area contributed by atoms with Crippen LogP contribution in [0.4, 0.5) is 5.69 Å². The van der Waals surface area contributed by atoms with Crippen LogP contribution in [0.25, 0.3) is 0 Å². The van der Waals surface area contributed by atoms with Gasteiger partial charge in [0.15, 0.2) is 0 Å². The molecule has 6 heteroatoms. The van der Waals surface area contributed by atoms with E-state index in [9.17, 15) is 4.79 Å². The van der Waals surface area contributed by atoms with Gasteiger partial charge >= 0.3 is 0 Å². The highest BCUT2D eigenvalue weighted by molar-refractivity contribution is 6.33. The van der Waals surface area contributed by atoms with Crippen LogP contribution in [0.2, 0.25) is 5.02 Å². The highest BCUT2D eigenvalue weighted by atomic mass is 35.5. The molecule has 1 fully saturated rings. The van der Waals surface area contributed by atoms with Crippen molar-refractivity contribution in [2.75, 3.05) is 44.8 Å². The van der Waals surface area contributed by atoms with E-state index >= 15 is 0 Å². The van der Waals surface area contributed by atoms with Gasteiger partial charge in [-0.25, -0.2) is 0 Å². The Labute approximate surface area is 155 Å². The molecule has 0 saturated carbocycles. The van der Waals surface area contributed by atoms with Crippen LogP contribution < -0.4 is 15.5 Å². The minimum atomic E-state index is 0.110. The number of hydrogen-bond donors (Lipinski definition) is 2. The number of carbonyl (C=O) groups excluding carboxylic acids is 1. The molecule has 5 nitrogen and oxygen atoms in total. The van der Waals surface area contributed by atoms with E-state index < -0.39 is 0 Å². The fourth-order valence-corrected chi connectivity index (χ4v) is 3.71.